The number of aliphatic hydroxyl groups is 1. The van der Waals surface area contributed by atoms with E-state index in [1.165, 1.54) is 37.7 Å². The Morgan fingerprint density at radius 3 is 2.43 bits per heavy atom. The summed E-state index contributed by atoms with van der Waals surface area (Å²) in [5.41, 5.74) is 1.42. The van der Waals surface area contributed by atoms with Crippen molar-refractivity contribution in [1.29, 1.82) is 0 Å². The fourth-order valence-corrected chi connectivity index (χ4v) is 3.62. The first kappa shape index (κ1) is 18.3. The van der Waals surface area contributed by atoms with Gasteiger partial charge in [-0.1, -0.05) is 38.8 Å². The van der Waals surface area contributed by atoms with E-state index in [4.69, 9.17) is 4.74 Å². The monoisotopic (exact) mass is 318 g/mol. The van der Waals surface area contributed by atoms with Crippen molar-refractivity contribution in [3.63, 3.8) is 0 Å². The summed E-state index contributed by atoms with van der Waals surface area (Å²) in [5.74, 6) is 2.61. The molecule has 0 heterocycles. The zero-order valence-electron chi connectivity index (χ0n) is 15.0. The van der Waals surface area contributed by atoms with E-state index in [1.54, 1.807) is 0 Å². The molecule has 0 spiro atoms. The van der Waals surface area contributed by atoms with Crippen LogP contribution < -0.4 is 4.74 Å². The minimum Gasteiger partial charge on any atom is -0.494 e. The molecule has 1 aromatic carbocycles. The molecule has 1 aliphatic rings. The zero-order chi connectivity index (χ0) is 16.5. The van der Waals surface area contributed by atoms with Gasteiger partial charge >= 0.3 is 0 Å². The lowest BCUT2D eigenvalue weighted by Crippen LogP contribution is -2.22. The SMILES string of the molecule is CCCCOc1ccc(CCCC(C)C2CCC(O)CC2)cc1. The maximum absolute atomic E-state index is 9.61. The highest BCUT2D eigenvalue weighted by atomic mass is 16.5. The van der Waals surface area contributed by atoms with E-state index < -0.39 is 0 Å². The molecule has 1 saturated carbocycles. The predicted molar refractivity (Wildman–Crippen MR) is 96.9 cm³/mol. The number of hydrogen-bond acceptors (Lipinski definition) is 2. The largest absolute Gasteiger partial charge is 0.494 e. The Morgan fingerprint density at radius 1 is 1.09 bits per heavy atom. The first-order valence-electron chi connectivity index (χ1n) is 9.58. The van der Waals surface area contributed by atoms with Crippen LogP contribution in [-0.2, 0) is 6.42 Å². The first-order valence-corrected chi connectivity index (χ1v) is 9.58. The van der Waals surface area contributed by atoms with Crippen LogP contribution in [0.4, 0.5) is 0 Å². The quantitative estimate of drug-likeness (QED) is 0.620. The molecule has 0 aliphatic heterocycles. The third-order valence-electron chi connectivity index (χ3n) is 5.36. The average molecular weight is 319 g/mol. The van der Waals surface area contributed by atoms with Crippen LogP contribution in [0.25, 0.3) is 0 Å². The molecule has 1 fully saturated rings. The van der Waals surface area contributed by atoms with Crippen LogP contribution in [0.5, 0.6) is 5.75 Å². The van der Waals surface area contributed by atoms with E-state index in [1.807, 2.05) is 0 Å². The molecule has 2 nitrogen and oxygen atoms in total. The maximum atomic E-state index is 9.61. The van der Waals surface area contributed by atoms with Crippen molar-refractivity contribution < 1.29 is 9.84 Å². The van der Waals surface area contributed by atoms with Crippen molar-refractivity contribution in [3.05, 3.63) is 29.8 Å². The highest BCUT2D eigenvalue weighted by Crippen LogP contribution is 2.32. The fourth-order valence-electron chi connectivity index (χ4n) is 3.62. The molecule has 0 amide bonds. The molecule has 0 saturated heterocycles. The summed E-state index contributed by atoms with van der Waals surface area (Å²) in [4.78, 5) is 0. The van der Waals surface area contributed by atoms with Crippen molar-refractivity contribution in [3.8, 4) is 5.75 Å². The molecule has 0 radical (unpaired) electrons. The normalized spacial score (nSPS) is 22.7. The Labute approximate surface area is 142 Å². The third-order valence-corrected chi connectivity index (χ3v) is 5.36. The van der Waals surface area contributed by atoms with Gasteiger partial charge in [0.05, 0.1) is 12.7 Å². The van der Waals surface area contributed by atoms with Gasteiger partial charge in [0.25, 0.3) is 0 Å². The van der Waals surface area contributed by atoms with E-state index in [2.05, 4.69) is 38.1 Å². The van der Waals surface area contributed by atoms with Gasteiger partial charge in [0.15, 0.2) is 0 Å². The van der Waals surface area contributed by atoms with Crippen molar-refractivity contribution in [2.24, 2.45) is 11.8 Å². The summed E-state index contributed by atoms with van der Waals surface area (Å²) in [7, 11) is 0. The van der Waals surface area contributed by atoms with Crippen LogP contribution >= 0.6 is 0 Å². The lowest BCUT2D eigenvalue weighted by Gasteiger charge is -2.30. The van der Waals surface area contributed by atoms with Crippen molar-refractivity contribution in [1.82, 2.24) is 0 Å². The van der Waals surface area contributed by atoms with Crippen LogP contribution in [-0.4, -0.2) is 17.8 Å². The number of unbranched alkanes of at least 4 members (excludes halogenated alkanes) is 1. The number of aryl methyl sites for hydroxylation is 1. The van der Waals surface area contributed by atoms with Crippen molar-refractivity contribution >= 4 is 0 Å². The summed E-state index contributed by atoms with van der Waals surface area (Å²) < 4.78 is 5.71. The number of aliphatic hydroxyl groups excluding tert-OH is 1. The van der Waals surface area contributed by atoms with Gasteiger partial charge in [-0.3, -0.25) is 0 Å². The molecule has 23 heavy (non-hydrogen) atoms. The molecule has 0 aromatic heterocycles. The van der Waals surface area contributed by atoms with E-state index in [0.29, 0.717) is 0 Å². The molecular formula is C21H34O2. The lowest BCUT2D eigenvalue weighted by molar-refractivity contribution is 0.0918. The summed E-state index contributed by atoms with van der Waals surface area (Å²) in [6, 6.07) is 8.64. The molecule has 130 valence electrons. The van der Waals surface area contributed by atoms with Gasteiger partial charge in [-0.2, -0.15) is 0 Å². The molecule has 0 bridgehead atoms. The summed E-state index contributed by atoms with van der Waals surface area (Å²) in [6.07, 6.45) is 10.4. The smallest absolute Gasteiger partial charge is 0.119 e. The summed E-state index contributed by atoms with van der Waals surface area (Å²) in [5, 5.41) is 9.61. The lowest BCUT2D eigenvalue weighted by atomic mass is 9.78. The molecule has 1 aliphatic carbocycles. The van der Waals surface area contributed by atoms with Gasteiger partial charge in [-0.05, 0) is 74.5 Å². The van der Waals surface area contributed by atoms with Crippen LogP contribution in [0.15, 0.2) is 24.3 Å². The Morgan fingerprint density at radius 2 is 1.78 bits per heavy atom. The third kappa shape index (κ3) is 6.55. The van der Waals surface area contributed by atoms with Crippen LogP contribution in [0.1, 0.15) is 70.8 Å². The Kier molecular flexibility index (Phi) is 7.94. The molecular weight excluding hydrogens is 284 g/mol. The zero-order valence-corrected chi connectivity index (χ0v) is 15.0. The fraction of sp³-hybridized carbons (Fsp3) is 0.714. The summed E-state index contributed by atoms with van der Waals surface area (Å²) >= 11 is 0. The van der Waals surface area contributed by atoms with E-state index in [9.17, 15) is 5.11 Å². The van der Waals surface area contributed by atoms with E-state index in [-0.39, 0.29) is 6.10 Å². The molecule has 1 unspecified atom stereocenters. The summed E-state index contributed by atoms with van der Waals surface area (Å²) in [6.45, 7) is 5.40. The Balaban J connectivity index is 1.65. The number of hydrogen-bond donors (Lipinski definition) is 1. The molecule has 2 rings (SSSR count). The minimum atomic E-state index is -0.0310. The minimum absolute atomic E-state index is 0.0310. The van der Waals surface area contributed by atoms with Gasteiger partial charge in [-0.15, -0.1) is 0 Å². The second-order valence-corrected chi connectivity index (χ2v) is 7.28. The maximum Gasteiger partial charge on any atom is 0.119 e. The standard InChI is InChI=1S/C21H34O2/c1-3-4-16-23-21-14-8-18(9-15-21)7-5-6-17(2)19-10-12-20(22)13-11-19/h8-9,14-15,17,19-20,22H,3-7,10-13,16H2,1-2H3. The van der Waals surface area contributed by atoms with Crippen molar-refractivity contribution in [2.45, 2.75) is 77.7 Å². The number of rotatable bonds is 9. The van der Waals surface area contributed by atoms with Gasteiger partial charge < -0.3 is 9.84 Å². The van der Waals surface area contributed by atoms with Crippen LogP contribution in [0.3, 0.4) is 0 Å². The van der Waals surface area contributed by atoms with Gasteiger partial charge in [0, 0.05) is 0 Å². The Bertz CT molecular complexity index is 418. The predicted octanol–water partition coefficient (Wildman–Crippen LogP) is 5.38. The molecule has 1 atom stereocenters. The van der Waals surface area contributed by atoms with Gasteiger partial charge in [0.1, 0.15) is 5.75 Å². The first-order chi connectivity index (χ1) is 11.2. The van der Waals surface area contributed by atoms with Crippen molar-refractivity contribution in [2.75, 3.05) is 6.61 Å². The average Bonchev–Trinajstić information content (AvgIpc) is 2.57. The second kappa shape index (κ2) is 9.97. The number of benzene rings is 1. The topological polar surface area (TPSA) is 29.5 Å². The molecule has 2 heteroatoms. The second-order valence-electron chi connectivity index (χ2n) is 7.28. The highest BCUT2D eigenvalue weighted by Gasteiger charge is 2.23. The Hall–Kier alpha value is -1.02. The molecule has 1 N–H and O–H groups in total. The number of ether oxygens (including phenoxy) is 1. The highest BCUT2D eigenvalue weighted by molar-refractivity contribution is 5.27. The van der Waals surface area contributed by atoms with Gasteiger partial charge in [-0.25, -0.2) is 0 Å². The van der Waals surface area contributed by atoms with Gasteiger partial charge in [0.2, 0.25) is 0 Å². The molecule has 1 aromatic rings. The van der Waals surface area contributed by atoms with E-state index in [0.717, 1.165) is 49.9 Å². The van der Waals surface area contributed by atoms with Crippen LogP contribution in [0.2, 0.25) is 0 Å². The van der Waals surface area contributed by atoms with E-state index >= 15 is 0 Å². The van der Waals surface area contributed by atoms with Crippen LogP contribution in [0, 0.1) is 11.8 Å².